The third-order valence-corrected chi connectivity index (χ3v) is 9.92. The van der Waals surface area contributed by atoms with Gasteiger partial charge in [-0.1, -0.05) is 104 Å². The van der Waals surface area contributed by atoms with Crippen molar-refractivity contribution in [1.29, 1.82) is 0 Å². The molecule has 26 heavy (non-hydrogen) atoms. The number of hydrogen-bond donors (Lipinski definition) is 0. The first-order chi connectivity index (χ1) is 12.8. The quantitative estimate of drug-likeness (QED) is 0.185. The molecular formula is C25H49P. The standard InChI is InChI=1S/C25H49P/c1-3-5-7-9-10-11-13-15-18-23(17-14-12-8-6-4-2)25-21-16-19-24(26-25)20-22-25/h23-24,26H,3-22H2,1-2H3. The topological polar surface area (TPSA) is 0 Å². The Kier molecular flexibility index (Phi) is 11.9. The number of hydrogen-bond acceptors (Lipinski definition) is 0. The van der Waals surface area contributed by atoms with Crippen molar-refractivity contribution in [1.82, 2.24) is 0 Å². The minimum Gasteiger partial charge on any atom is -0.112 e. The van der Waals surface area contributed by atoms with Crippen LogP contribution in [0.15, 0.2) is 0 Å². The molecule has 2 rings (SSSR count). The third kappa shape index (κ3) is 7.81. The Morgan fingerprint density at radius 3 is 1.81 bits per heavy atom. The highest BCUT2D eigenvalue weighted by Crippen LogP contribution is 2.61. The molecule has 2 aliphatic rings. The maximum atomic E-state index is 2.34. The van der Waals surface area contributed by atoms with E-state index < -0.39 is 0 Å². The van der Waals surface area contributed by atoms with E-state index in [1.807, 2.05) is 0 Å². The molecule has 2 heterocycles. The Morgan fingerprint density at radius 1 is 0.692 bits per heavy atom. The number of fused-ring (bicyclic) bond motifs is 2. The minimum atomic E-state index is 0.828. The van der Waals surface area contributed by atoms with Crippen LogP contribution in [0, 0.1) is 5.92 Å². The average molecular weight is 381 g/mol. The van der Waals surface area contributed by atoms with Gasteiger partial charge in [0.25, 0.3) is 0 Å². The molecule has 0 N–H and O–H groups in total. The van der Waals surface area contributed by atoms with Crippen molar-refractivity contribution in [2.24, 2.45) is 5.92 Å². The van der Waals surface area contributed by atoms with E-state index in [2.05, 4.69) is 13.8 Å². The summed E-state index contributed by atoms with van der Waals surface area (Å²) >= 11 is 0. The van der Waals surface area contributed by atoms with Gasteiger partial charge in [-0.2, -0.15) is 0 Å². The molecule has 4 atom stereocenters. The SMILES string of the molecule is CCCCCCCCCCC(CCCCCCC)C12CCCC(CC1)P2. The van der Waals surface area contributed by atoms with Crippen LogP contribution in [0.4, 0.5) is 0 Å². The van der Waals surface area contributed by atoms with Gasteiger partial charge < -0.3 is 0 Å². The molecule has 0 aromatic rings. The van der Waals surface area contributed by atoms with Crippen LogP contribution in [0.25, 0.3) is 0 Å². The second kappa shape index (κ2) is 13.6. The molecule has 0 aromatic heterocycles. The highest BCUT2D eigenvalue weighted by Gasteiger charge is 2.46. The highest BCUT2D eigenvalue weighted by molar-refractivity contribution is 7.41. The zero-order valence-corrected chi connectivity index (χ0v) is 19.3. The van der Waals surface area contributed by atoms with E-state index in [0.717, 1.165) is 16.7 Å². The molecule has 2 aliphatic heterocycles. The molecule has 0 amide bonds. The van der Waals surface area contributed by atoms with Gasteiger partial charge in [0.2, 0.25) is 0 Å². The monoisotopic (exact) mass is 380 g/mol. The summed E-state index contributed by atoms with van der Waals surface area (Å²) in [6.07, 6.45) is 30.2. The summed E-state index contributed by atoms with van der Waals surface area (Å²) in [5.74, 6) is 1.09. The van der Waals surface area contributed by atoms with Gasteiger partial charge in [-0.15, -0.1) is 8.58 Å². The van der Waals surface area contributed by atoms with Crippen LogP contribution in [0.3, 0.4) is 0 Å². The maximum Gasteiger partial charge on any atom is -0.00910 e. The molecular weight excluding hydrogens is 331 g/mol. The van der Waals surface area contributed by atoms with E-state index in [4.69, 9.17) is 0 Å². The largest absolute Gasteiger partial charge is 0.112 e. The van der Waals surface area contributed by atoms with E-state index in [1.165, 1.54) is 92.1 Å². The molecule has 2 fully saturated rings. The fourth-order valence-electron chi connectivity index (χ4n) is 5.80. The second-order valence-electron chi connectivity index (χ2n) is 9.59. The summed E-state index contributed by atoms with van der Waals surface area (Å²) < 4.78 is 0. The Labute approximate surface area is 167 Å². The zero-order chi connectivity index (χ0) is 18.5. The summed E-state index contributed by atoms with van der Waals surface area (Å²) in [6, 6.07) is 0. The van der Waals surface area contributed by atoms with E-state index in [1.54, 1.807) is 44.9 Å². The van der Waals surface area contributed by atoms with Gasteiger partial charge >= 0.3 is 0 Å². The van der Waals surface area contributed by atoms with Crippen molar-refractivity contribution in [3.8, 4) is 0 Å². The van der Waals surface area contributed by atoms with Gasteiger partial charge in [-0.25, -0.2) is 0 Å². The van der Waals surface area contributed by atoms with Crippen molar-refractivity contribution in [3.05, 3.63) is 0 Å². The lowest BCUT2D eigenvalue weighted by Gasteiger charge is -2.41. The molecule has 1 heteroatoms. The van der Waals surface area contributed by atoms with Crippen molar-refractivity contribution in [2.75, 3.05) is 0 Å². The first-order valence-electron chi connectivity index (χ1n) is 12.6. The van der Waals surface area contributed by atoms with Gasteiger partial charge in [-0.05, 0) is 55.3 Å². The molecule has 0 spiro atoms. The first-order valence-corrected chi connectivity index (χ1v) is 13.7. The Hall–Kier alpha value is 0.430. The summed E-state index contributed by atoms with van der Waals surface area (Å²) in [5, 5.41) is 0.828. The van der Waals surface area contributed by atoms with Gasteiger partial charge in [0.1, 0.15) is 0 Å². The van der Waals surface area contributed by atoms with E-state index in [9.17, 15) is 0 Å². The lowest BCUT2D eigenvalue weighted by atomic mass is 9.78. The predicted molar refractivity (Wildman–Crippen MR) is 122 cm³/mol. The number of unbranched alkanes of at least 4 members (excludes halogenated alkanes) is 11. The molecule has 154 valence electrons. The van der Waals surface area contributed by atoms with Gasteiger partial charge in [0, 0.05) is 0 Å². The lowest BCUT2D eigenvalue weighted by Crippen LogP contribution is -2.33. The van der Waals surface area contributed by atoms with Crippen molar-refractivity contribution in [2.45, 2.75) is 153 Å². The van der Waals surface area contributed by atoms with Crippen LogP contribution in [0.1, 0.15) is 142 Å². The van der Waals surface area contributed by atoms with Crippen LogP contribution < -0.4 is 0 Å². The maximum absolute atomic E-state index is 2.34. The smallest absolute Gasteiger partial charge is 0.00910 e. The van der Waals surface area contributed by atoms with Gasteiger partial charge in [-0.3, -0.25) is 0 Å². The second-order valence-corrected chi connectivity index (χ2v) is 11.7. The molecule has 0 radical (unpaired) electrons. The molecule has 2 saturated heterocycles. The summed E-state index contributed by atoms with van der Waals surface area (Å²) in [4.78, 5) is 0. The predicted octanol–water partition coefficient (Wildman–Crippen LogP) is 9.26. The first kappa shape index (κ1) is 22.7. The normalized spacial score (nSPS) is 27.2. The molecule has 0 nitrogen and oxygen atoms in total. The van der Waals surface area contributed by atoms with Crippen LogP contribution in [-0.4, -0.2) is 10.8 Å². The summed E-state index contributed by atoms with van der Waals surface area (Å²) in [5.41, 5.74) is 1.14. The van der Waals surface area contributed by atoms with Crippen molar-refractivity contribution >= 4 is 8.58 Å². The summed E-state index contributed by atoms with van der Waals surface area (Å²) in [6.45, 7) is 4.66. The lowest BCUT2D eigenvalue weighted by molar-refractivity contribution is 0.286. The van der Waals surface area contributed by atoms with E-state index in [0.29, 0.717) is 0 Å². The van der Waals surface area contributed by atoms with Crippen LogP contribution in [-0.2, 0) is 0 Å². The summed E-state index contributed by atoms with van der Waals surface area (Å²) in [7, 11) is 1.34. The fourth-order valence-corrected chi connectivity index (χ4v) is 8.39. The third-order valence-electron chi connectivity index (χ3n) is 7.45. The van der Waals surface area contributed by atoms with Gasteiger partial charge in [0.05, 0.1) is 0 Å². The Bertz CT molecular complexity index is 335. The molecule has 0 saturated carbocycles. The fraction of sp³-hybridized carbons (Fsp3) is 1.00. The van der Waals surface area contributed by atoms with Gasteiger partial charge in [0.15, 0.2) is 0 Å². The highest BCUT2D eigenvalue weighted by atomic mass is 31.1. The van der Waals surface area contributed by atoms with Crippen LogP contribution in [0.2, 0.25) is 0 Å². The zero-order valence-electron chi connectivity index (χ0n) is 18.3. The minimum absolute atomic E-state index is 0.828. The molecule has 0 aliphatic carbocycles. The molecule has 4 unspecified atom stereocenters. The van der Waals surface area contributed by atoms with Crippen molar-refractivity contribution in [3.63, 3.8) is 0 Å². The Morgan fingerprint density at radius 2 is 1.23 bits per heavy atom. The Balaban J connectivity index is 1.69. The average Bonchev–Trinajstić information content (AvgIpc) is 2.96. The molecule has 0 aromatic carbocycles. The van der Waals surface area contributed by atoms with Crippen LogP contribution in [0.5, 0.6) is 0 Å². The number of rotatable bonds is 16. The van der Waals surface area contributed by atoms with Crippen molar-refractivity contribution < 1.29 is 0 Å². The van der Waals surface area contributed by atoms with E-state index >= 15 is 0 Å². The van der Waals surface area contributed by atoms with E-state index in [-0.39, 0.29) is 0 Å². The van der Waals surface area contributed by atoms with Crippen LogP contribution >= 0.6 is 8.58 Å². The molecule has 2 bridgehead atoms.